The molecule has 3 atom stereocenters. The number of anilines is 1. The largest absolute Gasteiger partial charge is 0.390 e. The molecule has 1 saturated carbocycles. The average molecular weight is 336 g/mol. The number of nitriles is 1. The predicted octanol–water partition coefficient (Wildman–Crippen LogP) is 1.99. The second-order valence-corrected chi connectivity index (χ2v) is 6.55. The highest BCUT2D eigenvalue weighted by molar-refractivity contribution is 6.33. The Labute approximate surface area is 139 Å². The summed E-state index contributed by atoms with van der Waals surface area (Å²) >= 11 is 6.18. The summed E-state index contributed by atoms with van der Waals surface area (Å²) in [6, 6.07) is 4.74. The SMILES string of the molecule is Cc1c(N2C(=O)N(C)[C@@]3(CCC[C@@H]3O)[C@@H]2O)ccc(C#N)c1Cl. The van der Waals surface area contributed by atoms with E-state index >= 15 is 0 Å². The molecule has 1 aromatic rings. The van der Waals surface area contributed by atoms with Gasteiger partial charge in [0.2, 0.25) is 0 Å². The average Bonchev–Trinajstić information content (AvgIpc) is 3.00. The second-order valence-electron chi connectivity index (χ2n) is 6.17. The number of halogens is 1. The van der Waals surface area contributed by atoms with Gasteiger partial charge in [0, 0.05) is 7.05 Å². The van der Waals surface area contributed by atoms with Crippen LogP contribution in [0.1, 0.15) is 30.4 Å². The Morgan fingerprint density at radius 2 is 2.13 bits per heavy atom. The number of benzene rings is 1. The number of nitrogens with zero attached hydrogens (tertiary/aromatic N) is 3. The molecule has 0 unspecified atom stereocenters. The molecule has 122 valence electrons. The Bertz CT molecular complexity index is 717. The number of amides is 2. The molecule has 1 aliphatic carbocycles. The second kappa shape index (κ2) is 5.38. The van der Waals surface area contributed by atoms with Gasteiger partial charge in [0.15, 0.2) is 6.23 Å². The molecule has 1 saturated heterocycles. The first-order valence-corrected chi connectivity index (χ1v) is 7.86. The van der Waals surface area contributed by atoms with E-state index in [0.717, 1.165) is 6.42 Å². The van der Waals surface area contributed by atoms with Gasteiger partial charge in [-0.3, -0.25) is 4.90 Å². The molecular weight excluding hydrogens is 318 g/mol. The van der Waals surface area contributed by atoms with Crippen LogP contribution in [-0.2, 0) is 0 Å². The Hall–Kier alpha value is -1.81. The summed E-state index contributed by atoms with van der Waals surface area (Å²) in [4.78, 5) is 15.4. The van der Waals surface area contributed by atoms with Crippen LogP contribution in [0.3, 0.4) is 0 Å². The number of hydrogen-bond donors (Lipinski definition) is 2. The first kappa shape index (κ1) is 16.1. The zero-order chi connectivity index (χ0) is 16.9. The summed E-state index contributed by atoms with van der Waals surface area (Å²) in [5.74, 6) is 0. The van der Waals surface area contributed by atoms with Crippen molar-refractivity contribution in [1.82, 2.24) is 4.90 Å². The smallest absolute Gasteiger partial charge is 0.327 e. The highest BCUT2D eigenvalue weighted by Crippen LogP contribution is 2.46. The van der Waals surface area contributed by atoms with Crippen molar-refractivity contribution < 1.29 is 15.0 Å². The number of aliphatic hydroxyl groups excluding tert-OH is 2. The van der Waals surface area contributed by atoms with Gasteiger partial charge in [0.05, 0.1) is 22.4 Å². The van der Waals surface area contributed by atoms with E-state index in [4.69, 9.17) is 16.9 Å². The first-order chi connectivity index (χ1) is 10.9. The number of carbonyl (C=O) groups excluding carboxylic acids is 1. The third-order valence-electron chi connectivity index (χ3n) is 5.18. The molecule has 2 aliphatic rings. The lowest BCUT2D eigenvalue weighted by atomic mass is 9.92. The lowest BCUT2D eigenvalue weighted by molar-refractivity contribution is -0.0310. The molecule has 2 fully saturated rings. The third-order valence-corrected chi connectivity index (χ3v) is 5.67. The molecule has 23 heavy (non-hydrogen) atoms. The van der Waals surface area contributed by atoms with E-state index in [0.29, 0.717) is 29.7 Å². The van der Waals surface area contributed by atoms with Crippen molar-refractivity contribution in [3.05, 3.63) is 28.3 Å². The van der Waals surface area contributed by atoms with Crippen LogP contribution < -0.4 is 4.90 Å². The van der Waals surface area contributed by atoms with E-state index < -0.39 is 17.9 Å². The molecule has 1 aliphatic heterocycles. The highest BCUT2D eigenvalue weighted by Gasteiger charge is 2.61. The summed E-state index contributed by atoms with van der Waals surface area (Å²) in [6.07, 6.45) is -0.102. The minimum absolute atomic E-state index is 0.264. The number of urea groups is 1. The molecule has 2 N–H and O–H groups in total. The Kier molecular flexibility index (Phi) is 3.75. The quantitative estimate of drug-likeness (QED) is 0.821. The van der Waals surface area contributed by atoms with Crippen LogP contribution in [0.5, 0.6) is 0 Å². The third kappa shape index (κ3) is 1.97. The van der Waals surface area contributed by atoms with Gasteiger partial charge in [-0.2, -0.15) is 5.26 Å². The number of hydrogen-bond acceptors (Lipinski definition) is 4. The molecule has 0 radical (unpaired) electrons. The molecular formula is C16H18ClN3O3. The van der Waals surface area contributed by atoms with E-state index in [1.807, 2.05) is 6.07 Å². The maximum Gasteiger partial charge on any atom is 0.327 e. The van der Waals surface area contributed by atoms with Crippen molar-refractivity contribution in [2.75, 3.05) is 11.9 Å². The maximum absolute atomic E-state index is 12.7. The van der Waals surface area contributed by atoms with Crippen molar-refractivity contribution in [3.8, 4) is 6.07 Å². The molecule has 1 heterocycles. The molecule has 0 aromatic heterocycles. The Morgan fingerprint density at radius 3 is 2.70 bits per heavy atom. The molecule has 1 aromatic carbocycles. The van der Waals surface area contributed by atoms with Crippen molar-refractivity contribution in [2.45, 2.75) is 44.1 Å². The van der Waals surface area contributed by atoms with Crippen molar-refractivity contribution >= 4 is 23.3 Å². The summed E-state index contributed by atoms with van der Waals surface area (Å²) in [7, 11) is 1.60. The predicted molar refractivity (Wildman–Crippen MR) is 85.1 cm³/mol. The molecule has 2 amide bonds. The van der Waals surface area contributed by atoms with Crippen LogP contribution in [0.4, 0.5) is 10.5 Å². The van der Waals surface area contributed by atoms with Crippen LogP contribution in [-0.4, -0.2) is 46.1 Å². The summed E-state index contributed by atoms with van der Waals surface area (Å²) < 4.78 is 0. The van der Waals surface area contributed by atoms with Crippen molar-refractivity contribution in [1.29, 1.82) is 5.26 Å². The van der Waals surface area contributed by atoms with Crippen LogP contribution in [0, 0.1) is 18.3 Å². The fraction of sp³-hybridized carbons (Fsp3) is 0.500. The van der Waals surface area contributed by atoms with Gasteiger partial charge < -0.3 is 15.1 Å². The first-order valence-electron chi connectivity index (χ1n) is 7.48. The van der Waals surface area contributed by atoms with E-state index in [1.165, 1.54) is 15.9 Å². The minimum Gasteiger partial charge on any atom is -0.390 e. The van der Waals surface area contributed by atoms with Crippen LogP contribution >= 0.6 is 11.6 Å². The highest BCUT2D eigenvalue weighted by atomic mass is 35.5. The summed E-state index contributed by atoms with van der Waals surface area (Å²) in [5.41, 5.74) is 0.326. The molecule has 7 heteroatoms. The van der Waals surface area contributed by atoms with Crippen LogP contribution in [0.25, 0.3) is 0 Å². The van der Waals surface area contributed by atoms with E-state index in [-0.39, 0.29) is 11.1 Å². The Balaban J connectivity index is 2.10. The van der Waals surface area contributed by atoms with Crippen molar-refractivity contribution in [3.63, 3.8) is 0 Å². The van der Waals surface area contributed by atoms with Gasteiger partial charge in [-0.05, 0) is 43.9 Å². The topological polar surface area (TPSA) is 87.8 Å². The molecule has 3 rings (SSSR count). The normalized spacial score (nSPS) is 30.3. The van der Waals surface area contributed by atoms with Gasteiger partial charge in [0.1, 0.15) is 11.6 Å². The number of carbonyl (C=O) groups is 1. The van der Waals surface area contributed by atoms with Gasteiger partial charge >= 0.3 is 6.03 Å². The minimum atomic E-state index is -1.17. The van der Waals surface area contributed by atoms with Gasteiger partial charge in [0.25, 0.3) is 0 Å². The van der Waals surface area contributed by atoms with Gasteiger partial charge in [-0.1, -0.05) is 11.6 Å². The van der Waals surface area contributed by atoms with Gasteiger partial charge in [-0.15, -0.1) is 0 Å². The fourth-order valence-corrected chi connectivity index (χ4v) is 3.99. The number of likely N-dealkylation sites (N-methyl/N-ethyl adjacent to an activating group) is 1. The van der Waals surface area contributed by atoms with E-state index in [9.17, 15) is 15.0 Å². The lowest BCUT2D eigenvalue weighted by Crippen LogP contribution is -2.56. The maximum atomic E-state index is 12.7. The fourth-order valence-electron chi connectivity index (χ4n) is 3.79. The van der Waals surface area contributed by atoms with Crippen LogP contribution in [0.2, 0.25) is 5.02 Å². The molecule has 1 spiro atoms. The van der Waals surface area contributed by atoms with Crippen LogP contribution in [0.15, 0.2) is 12.1 Å². The Morgan fingerprint density at radius 1 is 1.43 bits per heavy atom. The zero-order valence-electron chi connectivity index (χ0n) is 13.0. The van der Waals surface area contributed by atoms with Crippen molar-refractivity contribution in [2.24, 2.45) is 0 Å². The molecule has 0 bridgehead atoms. The van der Waals surface area contributed by atoms with E-state index in [2.05, 4.69) is 0 Å². The standard InChI is InChI=1S/C16H18ClN3O3/c1-9-11(6-5-10(8-18)13(9)17)20-14(22)16(19(2)15(20)23)7-3-4-12(16)21/h5-6,12,14,21-22H,3-4,7H2,1-2H3/t12-,14-,16+/m0/s1. The monoisotopic (exact) mass is 335 g/mol. The van der Waals surface area contributed by atoms with Gasteiger partial charge in [-0.25, -0.2) is 4.79 Å². The lowest BCUT2D eigenvalue weighted by Gasteiger charge is -2.36. The number of rotatable bonds is 1. The number of aliphatic hydroxyl groups is 2. The zero-order valence-corrected chi connectivity index (χ0v) is 13.7. The summed E-state index contributed by atoms with van der Waals surface area (Å²) in [6.45, 7) is 1.70. The van der Waals surface area contributed by atoms with E-state index in [1.54, 1.807) is 20.0 Å². The summed E-state index contributed by atoms with van der Waals surface area (Å²) in [5, 5.41) is 30.5. The molecule has 6 nitrogen and oxygen atoms in total.